The molecule has 2 heterocycles. The van der Waals surface area contributed by atoms with Gasteiger partial charge in [-0.15, -0.1) is 11.6 Å². The van der Waals surface area contributed by atoms with E-state index in [0.717, 1.165) is 19.6 Å². The Labute approximate surface area is 102 Å². The molecule has 0 radical (unpaired) electrons. The summed E-state index contributed by atoms with van der Waals surface area (Å²) in [6.07, 6.45) is 8.14. The number of imidazole rings is 1. The van der Waals surface area contributed by atoms with Crippen molar-refractivity contribution < 1.29 is 0 Å². The second-order valence-electron chi connectivity index (χ2n) is 4.74. The molecule has 0 N–H and O–H groups in total. The zero-order valence-electron chi connectivity index (χ0n) is 9.85. The number of halogens is 1. The Morgan fingerprint density at radius 3 is 3.00 bits per heavy atom. The highest BCUT2D eigenvalue weighted by Crippen LogP contribution is 2.21. The van der Waals surface area contributed by atoms with Gasteiger partial charge in [0.2, 0.25) is 0 Å². The van der Waals surface area contributed by atoms with Gasteiger partial charge in [0.25, 0.3) is 0 Å². The minimum Gasteiger partial charge on any atom is -0.337 e. The molecule has 90 valence electrons. The normalized spacial score (nSPS) is 27.1. The molecule has 2 rings (SSSR count). The lowest BCUT2D eigenvalue weighted by Crippen LogP contribution is -2.40. The lowest BCUT2D eigenvalue weighted by molar-refractivity contribution is 0.192. The molecule has 2 unspecified atom stereocenters. The summed E-state index contributed by atoms with van der Waals surface area (Å²) in [5, 5.41) is 0.335. The van der Waals surface area contributed by atoms with Crippen LogP contribution in [0.5, 0.6) is 0 Å². The van der Waals surface area contributed by atoms with Crippen molar-refractivity contribution in [3.8, 4) is 0 Å². The van der Waals surface area contributed by atoms with Gasteiger partial charge in [-0.3, -0.25) is 0 Å². The molecule has 0 aromatic carbocycles. The fourth-order valence-electron chi connectivity index (χ4n) is 2.18. The molecular formula is C12H20ClN3. The van der Waals surface area contributed by atoms with Crippen LogP contribution in [0.3, 0.4) is 0 Å². The zero-order valence-corrected chi connectivity index (χ0v) is 10.6. The van der Waals surface area contributed by atoms with Crippen molar-refractivity contribution in [2.24, 2.45) is 5.92 Å². The minimum atomic E-state index is 0.335. The van der Waals surface area contributed by atoms with Gasteiger partial charge >= 0.3 is 0 Å². The van der Waals surface area contributed by atoms with E-state index in [9.17, 15) is 0 Å². The summed E-state index contributed by atoms with van der Waals surface area (Å²) in [4.78, 5) is 6.52. The van der Waals surface area contributed by atoms with E-state index in [1.54, 1.807) is 0 Å². The first-order valence-corrected chi connectivity index (χ1v) is 6.51. The smallest absolute Gasteiger partial charge is 0.0945 e. The van der Waals surface area contributed by atoms with Crippen molar-refractivity contribution in [2.75, 3.05) is 19.6 Å². The van der Waals surface area contributed by atoms with Crippen LogP contribution in [0.15, 0.2) is 18.7 Å². The van der Waals surface area contributed by atoms with Gasteiger partial charge in [0, 0.05) is 30.9 Å². The third-order valence-corrected chi connectivity index (χ3v) is 3.97. The van der Waals surface area contributed by atoms with Gasteiger partial charge < -0.3 is 9.47 Å². The molecule has 2 atom stereocenters. The van der Waals surface area contributed by atoms with Gasteiger partial charge in [0.05, 0.1) is 6.33 Å². The molecule has 0 spiro atoms. The largest absolute Gasteiger partial charge is 0.337 e. The molecule has 0 bridgehead atoms. The molecule has 1 aliphatic heterocycles. The van der Waals surface area contributed by atoms with Crippen LogP contribution in [0.25, 0.3) is 0 Å². The van der Waals surface area contributed by atoms with Crippen LogP contribution in [-0.2, 0) is 6.54 Å². The molecule has 1 fully saturated rings. The van der Waals surface area contributed by atoms with E-state index in [2.05, 4.69) is 21.4 Å². The Bertz CT molecular complexity index is 299. The number of hydrogen-bond acceptors (Lipinski definition) is 2. The first kappa shape index (κ1) is 11.9. The van der Waals surface area contributed by atoms with E-state index >= 15 is 0 Å². The van der Waals surface area contributed by atoms with Gasteiger partial charge in [-0.05, 0) is 31.8 Å². The van der Waals surface area contributed by atoms with Gasteiger partial charge in [-0.2, -0.15) is 0 Å². The summed E-state index contributed by atoms with van der Waals surface area (Å²) in [7, 11) is 0. The Balaban J connectivity index is 1.67. The molecular weight excluding hydrogens is 222 g/mol. The number of aromatic nitrogens is 2. The Hall–Kier alpha value is -0.540. The summed E-state index contributed by atoms with van der Waals surface area (Å²) >= 11 is 6.28. The fraction of sp³-hybridized carbons (Fsp3) is 0.750. The number of aryl methyl sites for hydroxylation is 1. The topological polar surface area (TPSA) is 21.1 Å². The zero-order chi connectivity index (χ0) is 11.4. The highest BCUT2D eigenvalue weighted by molar-refractivity contribution is 6.21. The van der Waals surface area contributed by atoms with E-state index in [-0.39, 0.29) is 0 Å². The van der Waals surface area contributed by atoms with Gasteiger partial charge in [0.15, 0.2) is 0 Å². The minimum absolute atomic E-state index is 0.335. The van der Waals surface area contributed by atoms with Crippen molar-refractivity contribution in [1.29, 1.82) is 0 Å². The van der Waals surface area contributed by atoms with Crippen molar-refractivity contribution in [1.82, 2.24) is 14.5 Å². The molecule has 1 saturated heterocycles. The Kier molecular flexibility index (Phi) is 4.24. The maximum atomic E-state index is 6.28. The summed E-state index contributed by atoms with van der Waals surface area (Å²) in [6.45, 7) is 6.70. The number of alkyl halides is 1. The monoisotopic (exact) mass is 241 g/mol. The van der Waals surface area contributed by atoms with Crippen molar-refractivity contribution in [3.05, 3.63) is 18.7 Å². The SMILES string of the molecule is CC1CCN(CCCn2ccnc2)CC1Cl. The average molecular weight is 242 g/mol. The molecule has 0 saturated carbocycles. The summed E-state index contributed by atoms with van der Waals surface area (Å²) in [6, 6.07) is 0. The highest BCUT2D eigenvalue weighted by Gasteiger charge is 2.23. The first-order valence-electron chi connectivity index (χ1n) is 6.08. The third-order valence-electron chi connectivity index (χ3n) is 3.40. The second-order valence-corrected chi connectivity index (χ2v) is 5.30. The third kappa shape index (κ3) is 3.22. The highest BCUT2D eigenvalue weighted by atomic mass is 35.5. The molecule has 1 aliphatic rings. The second kappa shape index (κ2) is 5.69. The average Bonchev–Trinajstić information content (AvgIpc) is 2.76. The molecule has 16 heavy (non-hydrogen) atoms. The molecule has 3 nitrogen and oxygen atoms in total. The standard InChI is InChI=1S/C12H20ClN3/c1-11-3-7-15(9-12(11)13)5-2-6-16-8-4-14-10-16/h4,8,10-12H,2-3,5-7,9H2,1H3. The molecule has 0 amide bonds. The summed E-state index contributed by atoms with van der Waals surface area (Å²) < 4.78 is 2.13. The van der Waals surface area contributed by atoms with Crippen molar-refractivity contribution in [3.63, 3.8) is 0 Å². The molecule has 4 heteroatoms. The summed E-state index contributed by atoms with van der Waals surface area (Å²) in [5.74, 6) is 0.673. The van der Waals surface area contributed by atoms with E-state index in [1.165, 1.54) is 19.4 Å². The van der Waals surface area contributed by atoms with Crippen LogP contribution in [0.2, 0.25) is 0 Å². The van der Waals surface area contributed by atoms with E-state index in [4.69, 9.17) is 11.6 Å². The predicted octanol–water partition coefficient (Wildman–Crippen LogP) is 2.22. The predicted molar refractivity (Wildman–Crippen MR) is 66.7 cm³/mol. The summed E-state index contributed by atoms with van der Waals surface area (Å²) in [5.41, 5.74) is 0. The van der Waals surface area contributed by atoms with Gasteiger partial charge in [0.1, 0.15) is 0 Å². The molecule has 1 aromatic rings. The lowest BCUT2D eigenvalue weighted by atomic mass is 9.98. The molecule has 0 aliphatic carbocycles. The quantitative estimate of drug-likeness (QED) is 0.754. The van der Waals surface area contributed by atoms with Crippen LogP contribution >= 0.6 is 11.6 Å². The Morgan fingerprint density at radius 1 is 1.44 bits per heavy atom. The van der Waals surface area contributed by atoms with Crippen LogP contribution in [0, 0.1) is 5.92 Å². The maximum absolute atomic E-state index is 6.28. The number of hydrogen-bond donors (Lipinski definition) is 0. The number of piperidine rings is 1. The van der Waals surface area contributed by atoms with Crippen LogP contribution in [0.1, 0.15) is 19.8 Å². The fourth-order valence-corrected chi connectivity index (χ4v) is 2.51. The van der Waals surface area contributed by atoms with E-state index in [0.29, 0.717) is 11.3 Å². The number of nitrogens with zero attached hydrogens (tertiary/aromatic N) is 3. The van der Waals surface area contributed by atoms with Gasteiger partial charge in [-0.1, -0.05) is 6.92 Å². The number of rotatable bonds is 4. The lowest BCUT2D eigenvalue weighted by Gasteiger charge is -2.33. The first-order chi connectivity index (χ1) is 7.75. The van der Waals surface area contributed by atoms with Gasteiger partial charge in [-0.25, -0.2) is 4.98 Å². The van der Waals surface area contributed by atoms with Crippen molar-refractivity contribution >= 4 is 11.6 Å². The van der Waals surface area contributed by atoms with E-state index < -0.39 is 0 Å². The number of likely N-dealkylation sites (tertiary alicyclic amines) is 1. The van der Waals surface area contributed by atoms with Crippen LogP contribution in [0.4, 0.5) is 0 Å². The Morgan fingerprint density at radius 2 is 2.31 bits per heavy atom. The van der Waals surface area contributed by atoms with Crippen molar-refractivity contribution in [2.45, 2.75) is 31.7 Å². The van der Waals surface area contributed by atoms with E-state index in [1.807, 2.05) is 18.7 Å². The molecule has 1 aromatic heterocycles. The van der Waals surface area contributed by atoms with Crippen LogP contribution < -0.4 is 0 Å². The van der Waals surface area contributed by atoms with Crippen LogP contribution in [-0.4, -0.2) is 39.5 Å². The maximum Gasteiger partial charge on any atom is 0.0945 e.